The van der Waals surface area contributed by atoms with Crippen molar-refractivity contribution in [3.8, 4) is 0 Å². The molecule has 4 heteroatoms. The molecule has 0 aliphatic carbocycles. The Balaban J connectivity index is 2.03. The molecule has 2 heterocycles. The fraction of sp³-hybridized carbons (Fsp3) is 0.571. The quantitative estimate of drug-likeness (QED) is 0.830. The first kappa shape index (κ1) is 13.0. The molecule has 2 rings (SSSR count). The van der Waals surface area contributed by atoms with Gasteiger partial charge in [-0.3, -0.25) is 4.98 Å². The van der Waals surface area contributed by atoms with Crippen LogP contribution in [0.4, 0.5) is 5.82 Å². The molecular formula is C14H22N4. The fourth-order valence-corrected chi connectivity index (χ4v) is 1.84. The monoisotopic (exact) mass is 246 g/mol. The van der Waals surface area contributed by atoms with Crippen molar-refractivity contribution in [2.45, 2.75) is 39.3 Å². The molecule has 1 aromatic heterocycles. The molecule has 0 aromatic carbocycles. The van der Waals surface area contributed by atoms with Gasteiger partial charge in [0.2, 0.25) is 0 Å². The second kappa shape index (κ2) is 5.48. The lowest BCUT2D eigenvalue weighted by Crippen LogP contribution is -2.35. The third-order valence-electron chi connectivity index (χ3n) is 2.85. The Kier molecular flexibility index (Phi) is 3.97. The maximum absolute atomic E-state index is 4.67. The van der Waals surface area contributed by atoms with E-state index in [1.807, 2.05) is 12.4 Å². The summed E-state index contributed by atoms with van der Waals surface area (Å²) in [6.45, 7) is 9.18. The smallest absolute Gasteiger partial charge is 0.147 e. The van der Waals surface area contributed by atoms with Crippen molar-refractivity contribution < 1.29 is 0 Å². The Hall–Kier alpha value is -1.42. The van der Waals surface area contributed by atoms with Crippen LogP contribution in [-0.4, -0.2) is 28.6 Å². The molecule has 0 saturated carbocycles. The number of anilines is 1. The molecule has 0 atom stereocenters. The molecule has 0 bridgehead atoms. The third kappa shape index (κ3) is 3.81. The van der Waals surface area contributed by atoms with E-state index in [1.165, 1.54) is 0 Å². The third-order valence-corrected chi connectivity index (χ3v) is 2.85. The van der Waals surface area contributed by atoms with E-state index in [1.54, 1.807) is 0 Å². The normalized spacial score (nSPS) is 16.1. The Morgan fingerprint density at radius 2 is 2.11 bits per heavy atom. The summed E-state index contributed by atoms with van der Waals surface area (Å²) in [7, 11) is 0. The maximum atomic E-state index is 4.67. The summed E-state index contributed by atoms with van der Waals surface area (Å²) < 4.78 is 0. The Morgan fingerprint density at radius 1 is 1.28 bits per heavy atom. The molecule has 0 unspecified atom stereocenters. The first-order chi connectivity index (χ1) is 8.54. The number of hydrogen-bond donors (Lipinski definition) is 1. The summed E-state index contributed by atoms with van der Waals surface area (Å²) in [5, 5.41) is 3.43. The number of nitrogens with zero attached hydrogens (tertiary/aromatic N) is 3. The molecule has 1 aliphatic heterocycles. The maximum Gasteiger partial charge on any atom is 0.147 e. The summed E-state index contributed by atoms with van der Waals surface area (Å²) in [4.78, 5) is 11.2. The molecule has 98 valence electrons. The van der Waals surface area contributed by atoms with Gasteiger partial charge in [-0.1, -0.05) is 12.2 Å². The van der Waals surface area contributed by atoms with E-state index in [-0.39, 0.29) is 5.54 Å². The topological polar surface area (TPSA) is 41.1 Å². The predicted octanol–water partition coefficient (Wildman–Crippen LogP) is 2.13. The van der Waals surface area contributed by atoms with Gasteiger partial charge in [0.05, 0.1) is 11.9 Å². The van der Waals surface area contributed by atoms with Crippen molar-refractivity contribution in [3.63, 3.8) is 0 Å². The molecule has 4 nitrogen and oxygen atoms in total. The highest BCUT2D eigenvalue weighted by molar-refractivity contribution is 5.38. The van der Waals surface area contributed by atoms with Crippen molar-refractivity contribution in [1.82, 2.24) is 15.3 Å². The SMILES string of the molecule is CC(C)(C)NCc1cncc(N2CC=CCC2)n1. The van der Waals surface area contributed by atoms with Crippen LogP contribution >= 0.6 is 0 Å². The predicted molar refractivity (Wildman–Crippen MR) is 74.6 cm³/mol. The molecule has 0 radical (unpaired) electrons. The van der Waals surface area contributed by atoms with Crippen molar-refractivity contribution in [1.29, 1.82) is 0 Å². The lowest BCUT2D eigenvalue weighted by atomic mass is 10.1. The zero-order valence-electron chi connectivity index (χ0n) is 11.5. The first-order valence-corrected chi connectivity index (χ1v) is 6.50. The van der Waals surface area contributed by atoms with Gasteiger partial charge in [0.15, 0.2) is 0 Å². The van der Waals surface area contributed by atoms with Crippen LogP contribution in [-0.2, 0) is 6.54 Å². The second-order valence-electron chi connectivity index (χ2n) is 5.68. The molecule has 0 amide bonds. The minimum absolute atomic E-state index is 0.103. The van der Waals surface area contributed by atoms with Crippen LogP contribution in [0.3, 0.4) is 0 Å². The largest absolute Gasteiger partial charge is 0.351 e. The van der Waals surface area contributed by atoms with E-state index in [4.69, 9.17) is 0 Å². The molecule has 0 spiro atoms. The highest BCUT2D eigenvalue weighted by Gasteiger charge is 2.12. The molecular weight excluding hydrogens is 224 g/mol. The number of nitrogens with one attached hydrogen (secondary N) is 1. The fourth-order valence-electron chi connectivity index (χ4n) is 1.84. The van der Waals surface area contributed by atoms with E-state index in [2.05, 4.69) is 53.1 Å². The average Bonchev–Trinajstić information content (AvgIpc) is 2.37. The highest BCUT2D eigenvalue weighted by atomic mass is 15.2. The van der Waals surface area contributed by atoms with Crippen LogP contribution in [0.5, 0.6) is 0 Å². The van der Waals surface area contributed by atoms with Crippen molar-refractivity contribution in [3.05, 3.63) is 30.2 Å². The standard InChI is InChI=1S/C14H22N4/c1-14(2,3)16-10-12-9-15-11-13(17-12)18-7-5-4-6-8-18/h4-5,9,11,16H,6-8,10H2,1-3H3. The zero-order chi connectivity index (χ0) is 13.0. The first-order valence-electron chi connectivity index (χ1n) is 6.50. The Labute approximate surface area is 109 Å². The Bertz CT molecular complexity index is 420. The van der Waals surface area contributed by atoms with E-state index in [0.717, 1.165) is 37.6 Å². The summed E-state index contributed by atoms with van der Waals surface area (Å²) in [6.07, 6.45) is 9.17. The van der Waals surface area contributed by atoms with Crippen LogP contribution in [0, 0.1) is 0 Å². The van der Waals surface area contributed by atoms with E-state index < -0.39 is 0 Å². The van der Waals surface area contributed by atoms with Gasteiger partial charge in [0.1, 0.15) is 5.82 Å². The lowest BCUT2D eigenvalue weighted by molar-refractivity contribution is 0.421. The molecule has 1 aromatic rings. The molecule has 0 fully saturated rings. The van der Waals surface area contributed by atoms with E-state index in [9.17, 15) is 0 Å². The summed E-state index contributed by atoms with van der Waals surface area (Å²) in [5.74, 6) is 0.979. The summed E-state index contributed by atoms with van der Waals surface area (Å²) in [6, 6.07) is 0. The van der Waals surface area contributed by atoms with Gasteiger partial charge >= 0.3 is 0 Å². The van der Waals surface area contributed by atoms with Crippen molar-refractivity contribution in [2.24, 2.45) is 0 Å². The van der Waals surface area contributed by atoms with Crippen LogP contribution in [0.2, 0.25) is 0 Å². The van der Waals surface area contributed by atoms with Gasteiger partial charge in [0.25, 0.3) is 0 Å². The molecule has 1 aliphatic rings. The van der Waals surface area contributed by atoms with Gasteiger partial charge in [-0.2, -0.15) is 0 Å². The van der Waals surface area contributed by atoms with Crippen LogP contribution in [0.15, 0.2) is 24.5 Å². The number of rotatable bonds is 3. The zero-order valence-corrected chi connectivity index (χ0v) is 11.5. The lowest BCUT2D eigenvalue weighted by Gasteiger charge is -2.25. The Morgan fingerprint density at radius 3 is 2.78 bits per heavy atom. The molecule has 18 heavy (non-hydrogen) atoms. The number of aromatic nitrogens is 2. The van der Waals surface area contributed by atoms with Gasteiger partial charge < -0.3 is 10.2 Å². The molecule has 0 saturated heterocycles. The molecule has 1 N–H and O–H groups in total. The van der Waals surface area contributed by atoms with Crippen molar-refractivity contribution >= 4 is 5.82 Å². The van der Waals surface area contributed by atoms with Gasteiger partial charge in [-0.15, -0.1) is 0 Å². The van der Waals surface area contributed by atoms with Gasteiger partial charge in [-0.05, 0) is 27.2 Å². The van der Waals surface area contributed by atoms with Gasteiger partial charge in [0, 0.05) is 31.4 Å². The average molecular weight is 246 g/mol. The van der Waals surface area contributed by atoms with E-state index in [0.29, 0.717) is 0 Å². The number of hydrogen-bond acceptors (Lipinski definition) is 4. The minimum Gasteiger partial charge on any atom is -0.351 e. The van der Waals surface area contributed by atoms with Crippen molar-refractivity contribution in [2.75, 3.05) is 18.0 Å². The van der Waals surface area contributed by atoms with E-state index >= 15 is 0 Å². The minimum atomic E-state index is 0.103. The summed E-state index contributed by atoms with van der Waals surface area (Å²) >= 11 is 0. The highest BCUT2D eigenvalue weighted by Crippen LogP contribution is 2.13. The van der Waals surface area contributed by atoms with Crippen LogP contribution < -0.4 is 10.2 Å². The van der Waals surface area contributed by atoms with Crippen LogP contribution in [0.1, 0.15) is 32.9 Å². The van der Waals surface area contributed by atoms with Gasteiger partial charge in [-0.25, -0.2) is 4.98 Å². The summed E-state index contributed by atoms with van der Waals surface area (Å²) in [5.41, 5.74) is 1.10. The second-order valence-corrected chi connectivity index (χ2v) is 5.68. The van der Waals surface area contributed by atoms with Crippen LogP contribution in [0.25, 0.3) is 0 Å².